The smallest absolute Gasteiger partial charge is 0.337 e. The Balaban J connectivity index is 1.63. The summed E-state index contributed by atoms with van der Waals surface area (Å²) in [6, 6.07) is 13.7. The van der Waals surface area contributed by atoms with E-state index in [0.29, 0.717) is 17.1 Å². The van der Waals surface area contributed by atoms with Gasteiger partial charge in [-0.2, -0.15) is 0 Å². The molecule has 0 atom stereocenters. The highest BCUT2D eigenvalue weighted by atomic mass is 35.5. The van der Waals surface area contributed by atoms with E-state index in [1.54, 1.807) is 24.3 Å². The number of furan rings is 1. The fourth-order valence-electron chi connectivity index (χ4n) is 2.87. The van der Waals surface area contributed by atoms with Crippen LogP contribution in [0.5, 0.6) is 0 Å². The molecule has 30 heavy (non-hydrogen) atoms. The molecule has 2 aromatic carbocycles. The third kappa shape index (κ3) is 3.77. The van der Waals surface area contributed by atoms with Crippen LogP contribution < -0.4 is 4.90 Å². The van der Waals surface area contributed by atoms with Crippen molar-refractivity contribution in [3.63, 3.8) is 0 Å². The summed E-state index contributed by atoms with van der Waals surface area (Å²) in [5.74, 6) is -1.37. The summed E-state index contributed by atoms with van der Waals surface area (Å²) in [7, 11) is 0. The molecule has 0 bridgehead atoms. The van der Waals surface area contributed by atoms with Crippen molar-refractivity contribution in [3.05, 3.63) is 81.7 Å². The number of thiocarbonyl (C=S) groups is 1. The van der Waals surface area contributed by atoms with Crippen molar-refractivity contribution in [2.45, 2.75) is 0 Å². The maximum Gasteiger partial charge on any atom is 0.337 e. The lowest BCUT2D eigenvalue weighted by Gasteiger charge is -2.14. The first-order chi connectivity index (χ1) is 14.3. The summed E-state index contributed by atoms with van der Waals surface area (Å²) in [5.41, 5.74) is 0.569. The third-order valence-electron chi connectivity index (χ3n) is 4.27. The van der Waals surface area contributed by atoms with E-state index in [4.69, 9.17) is 28.2 Å². The first kappa shape index (κ1) is 20.3. The number of carbonyl (C=O) groups is 2. The number of carboxylic acids is 1. The largest absolute Gasteiger partial charge is 0.478 e. The van der Waals surface area contributed by atoms with E-state index in [2.05, 4.69) is 0 Å². The van der Waals surface area contributed by atoms with Crippen molar-refractivity contribution < 1.29 is 23.5 Å². The number of rotatable bonds is 4. The molecule has 1 saturated heterocycles. The second kappa shape index (κ2) is 8.06. The molecule has 2 heterocycles. The van der Waals surface area contributed by atoms with E-state index in [1.165, 1.54) is 36.4 Å². The molecule has 1 fully saturated rings. The average Bonchev–Trinajstić information content (AvgIpc) is 3.28. The van der Waals surface area contributed by atoms with Gasteiger partial charge in [0.2, 0.25) is 0 Å². The molecular weight excluding hydrogens is 449 g/mol. The van der Waals surface area contributed by atoms with Crippen molar-refractivity contribution in [3.8, 4) is 11.3 Å². The molecule has 1 N–H and O–H groups in total. The summed E-state index contributed by atoms with van der Waals surface area (Å²) in [6.07, 6.45) is 1.51. The Morgan fingerprint density at radius 2 is 1.97 bits per heavy atom. The number of amides is 1. The highest BCUT2D eigenvalue weighted by molar-refractivity contribution is 8.27. The molecule has 0 saturated carbocycles. The van der Waals surface area contributed by atoms with Crippen LogP contribution in [-0.2, 0) is 4.79 Å². The van der Waals surface area contributed by atoms with Gasteiger partial charge in [0, 0.05) is 11.6 Å². The fourth-order valence-corrected chi connectivity index (χ4v) is 4.33. The number of hydrogen-bond acceptors (Lipinski definition) is 5. The topological polar surface area (TPSA) is 70.8 Å². The normalized spacial score (nSPS) is 15.3. The molecule has 0 aliphatic carbocycles. The highest BCUT2D eigenvalue weighted by Gasteiger charge is 2.35. The van der Waals surface area contributed by atoms with Crippen LogP contribution in [0.15, 0.2) is 63.9 Å². The van der Waals surface area contributed by atoms with Crippen LogP contribution in [0, 0.1) is 5.82 Å². The number of anilines is 1. The number of para-hydroxylation sites is 1. The van der Waals surface area contributed by atoms with Crippen LogP contribution in [0.25, 0.3) is 17.4 Å². The predicted octanol–water partition coefficient (Wildman–Crippen LogP) is 5.84. The quantitative estimate of drug-likeness (QED) is 0.390. The van der Waals surface area contributed by atoms with E-state index < -0.39 is 17.7 Å². The molecule has 0 unspecified atom stereocenters. The molecule has 0 spiro atoms. The summed E-state index contributed by atoms with van der Waals surface area (Å²) in [4.78, 5) is 25.5. The fraction of sp³-hybridized carbons (Fsp3) is 0. The van der Waals surface area contributed by atoms with Gasteiger partial charge < -0.3 is 9.52 Å². The zero-order valence-electron chi connectivity index (χ0n) is 15.0. The highest BCUT2D eigenvalue weighted by Crippen LogP contribution is 2.37. The number of halogens is 2. The Bertz CT molecular complexity index is 1240. The van der Waals surface area contributed by atoms with Crippen molar-refractivity contribution >= 4 is 63.5 Å². The summed E-state index contributed by atoms with van der Waals surface area (Å²) < 4.78 is 20.1. The molecule has 9 heteroatoms. The van der Waals surface area contributed by atoms with Crippen LogP contribution in [0.3, 0.4) is 0 Å². The number of thioether (sulfide) groups is 1. The number of benzene rings is 2. The lowest BCUT2D eigenvalue weighted by molar-refractivity contribution is -0.113. The molecule has 1 amide bonds. The van der Waals surface area contributed by atoms with Gasteiger partial charge >= 0.3 is 5.97 Å². The first-order valence-corrected chi connectivity index (χ1v) is 10.1. The molecule has 5 nitrogen and oxygen atoms in total. The zero-order chi connectivity index (χ0) is 21.4. The molecule has 4 rings (SSSR count). The number of aromatic carboxylic acids is 1. The second-order valence-electron chi connectivity index (χ2n) is 6.17. The standard InChI is InChI=1S/C21H11ClFNO4S2/c22-14-7-5-11(9-13(14)20(26)27)17-8-6-12(28-17)10-18-19(25)24(21(29)30-18)16-4-2-1-3-15(16)23/h1-10H,(H,26,27)/b18-10+. The minimum Gasteiger partial charge on any atom is -0.478 e. The molecular formula is C21H11ClFNO4S2. The van der Waals surface area contributed by atoms with Crippen molar-refractivity contribution in [2.24, 2.45) is 0 Å². The van der Waals surface area contributed by atoms with Crippen LogP contribution in [0.2, 0.25) is 5.02 Å². The first-order valence-electron chi connectivity index (χ1n) is 8.50. The SMILES string of the molecule is O=C(O)c1cc(-c2ccc(/C=C3/SC(=S)N(c4ccccc4F)C3=O)o2)ccc1Cl. The summed E-state index contributed by atoms with van der Waals surface area (Å²) in [6.45, 7) is 0. The van der Waals surface area contributed by atoms with E-state index in [0.717, 1.165) is 16.7 Å². The second-order valence-corrected chi connectivity index (χ2v) is 8.25. The monoisotopic (exact) mass is 459 g/mol. The number of carbonyl (C=O) groups excluding carboxylic acids is 1. The molecule has 0 radical (unpaired) electrons. The molecule has 1 aromatic heterocycles. The van der Waals surface area contributed by atoms with Gasteiger partial charge in [0.05, 0.1) is 21.2 Å². The van der Waals surface area contributed by atoms with Gasteiger partial charge in [0.25, 0.3) is 5.91 Å². The van der Waals surface area contributed by atoms with Crippen LogP contribution in [-0.4, -0.2) is 21.3 Å². The average molecular weight is 460 g/mol. The van der Waals surface area contributed by atoms with Gasteiger partial charge in [0.15, 0.2) is 4.32 Å². The third-order valence-corrected chi connectivity index (χ3v) is 5.90. The van der Waals surface area contributed by atoms with E-state index in [-0.39, 0.29) is 25.5 Å². The summed E-state index contributed by atoms with van der Waals surface area (Å²) in [5, 5.41) is 9.34. The van der Waals surface area contributed by atoms with Crippen molar-refractivity contribution in [1.82, 2.24) is 0 Å². The minimum atomic E-state index is -1.15. The Labute approximate surface area is 184 Å². The van der Waals surface area contributed by atoms with Gasteiger partial charge in [-0.3, -0.25) is 9.69 Å². The van der Waals surface area contributed by atoms with Gasteiger partial charge in [-0.25, -0.2) is 9.18 Å². The van der Waals surface area contributed by atoms with Crippen LogP contribution in [0.4, 0.5) is 10.1 Å². The Hall–Kier alpha value is -2.94. The maximum atomic E-state index is 14.1. The number of hydrogen-bond donors (Lipinski definition) is 1. The van der Waals surface area contributed by atoms with E-state index >= 15 is 0 Å². The maximum absolute atomic E-state index is 14.1. The molecule has 1 aliphatic rings. The Morgan fingerprint density at radius 1 is 1.20 bits per heavy atom. The summed E-state index contributed by atoms with van der Waals surface area (Å²) >= 11 is 12.2. The number of nitrogens with zero attached hydrogens (tertiary/aromatic N) is 1. The Morgan fingerprint density at radius 3 is 2.70 bits per heavy atom. The van der Waals surface area contributed by atoms with Crippen molar-refractivity contribution in [2.75, 3.05) is 4.90 Å². The van der Waals surface area contributed by atoms with Crippen LogP contribution >= 0.6 is 35.6 Å². The number of carboxylic acid groups (broad SMARTS) is 1. The van der Waals surface area contributed by atoms with E-state index in [9.17, 15) is 19.1 Å². The molecule has 1 aliphatic heterocycles. The van der Waals surface area contributed by atoms with Gasteiger partial charge in [-0.1, -0.05) is 47.7 Å². The zero-order valence-corrected chi connectivity index (χ0v) is 17.4. The lowest BCUT2D eigenvalue weighted by atomic mass is 10.1. The van der Waals surface area contributed by atoms with E-state index in [1.807, 2.05) is 0 Å². The van der Waals surface area contributed by atoms with Crippen LogP contribution in [0.1, 0.15) is 16.1 Å². The molecule has 150 valence electrons. The van der Waals surface area contributed by atoms with Gasteiger partial charge in [-0.05, 0) is 42.5 Å². The van der Waals surface area contributed by atoms with Gasteiger partial charge in [-0.15, -0.1) is 0 Å². The lowest BCUT2D eigenvalue weighted by Crippen LogP contribution is -2.28. The van der Waals surface area contributed by atoms with Gasteiger partial charge in [0.1, 0.15) is 17.3 Å². The Kier molecular flexibility index (Phi) is 5.46. The minimum absolute atomic E-state index is 0.0436. The predicted molar refractivity (Wildman–Crippen MR) is 118 cm³/mol. The van der Waals surface area contributed by atoms with Crippen molar-refractivity contribution in [1.29, 1.82) is 0 Å². The molecule has 3 aromatic rings.